The fraction of sp³-hybridized carbons (Fsp3) is 0.250. The minimum absolute atomic E-state index is 0.162. The number of pyridine rings is 1. The van der Waals surface area contributed by atoms with Crippen LogP contribution in [-0.2, 0) is 6.54 Å². The first-order valence-electron chi connectivity index (χ1n) is 10.1. The summed E-state index contributed by atoms with van der Waals surface area (Å²) in [6.07, 6.45) is 5.82. The zero-order valence-corrected chi connectivity index (χ0v) is 16.7. The number of aryl methyl sites for hydroxylation is 1. The summed E-state index contributed by atoms with van der Waals surface area (Å²) in [5.41, 5.74) is 5.77. The standard InChI is InChI=1S/C24H26N4O/c1-18-4-6-19(7-5-18)15-26-22-14-20(16-25-17-22)24(29)27-21-8-10-23(11-9-21)28-12-2-3-13-28/h4-11,14,16-17,26H,2-3,12-13,15H2,1H3,(H,27,29). The molecule has 1 aliphatic heterocycles. The summed E-state index contributed by atoms with van der Waals surface area (Å²) in [6, 6.07) is 18.3. The Hall–Kier alpha value is -3.34. The average molecular weight is 386 g/mol. The van der Waals surface area contributed by atoms with E-state index in [-0.39, 0.29) is 5.91 Å². The van der Waals surface area contributed by atoms with Crippen molar-refractivity contribution in [3.8, 4) is 0 Å². The van der Waals surface area contributed by atoms with Crippen LogP contribution in [0.2, 0.25) is 0 Å². The maximum absolute atomic E-state index is 12.6. The van der Waals surface area contributed by atoms with Gasteiger partial charge in [0.15, 0.2) is 0 Å². The van der Waals surface area contributed by atoms with Crippen LogP contribution in [0.3, 0.4) is 0 Å². The average Bonchev–Trinajstić information content (AvgIpc) is 3.29. The minimum atomic E-state index is -0.162. The van der Waals surface area contributed by atoms with Crippen LogP contribution in [0, 0.1) is 6.92 Å². The topological polar surface area (TPSA) is 57.3 Å². The van der Waals surface area contributed by atoms with Crippen LogP contribution >= 0.6 is 0 Å². The number of nitrogens with one attached hydrogen (secondary N) is 2. The second-order valence-electron chi connectivity index (χ2n) is 7.50. The van der Waals surface area contributed by atoms with E-state index in [1.807, 2.05) is 18.2 Å². The van der Waals surface area contributed by atoms with Crippen molar-refractivity contribution in [1.29, 1.82) is 0 Å². The first kappa shape index (κ1) is 19.0. The zero-order valence-electron chi connectivity index (χ0n) is 16.7. The van der Waals surface area contributed by atoms with Crippen molar-refractivity contribution in [1.82, 2.24) is 4.98 Å². The van der Waals surface area contributed by atoms with Gasteiger partial charge in [-0.25, -0.2) is 0 Å². The van der Waals surface area contributed by atoms with Gasteiger partial charge in [-0.1, -0.05) is 29.8 Å². The molecule has 0 atom stereocenters. The number of rotatable bonds is 6. The number of aromatic nitrogens is 1. The lowest BCUT2D eigenvalue weighted by atomic mass is 10.1. The van der Waals surface area contributed by atoms with Crippen molar-refractivity contribution in [2.75, 3.05) is 28.6 Å². The predicted molar refractivity (Wildman–Crippen MR) is 119 cm³/mol. The fourth-order valence-electron chi connectivity index (χ4n) is 3.51. The highest BCUT2D eigenvalue weighted by atomic mass is 16.1. The third kappa shape index (κ3) is 4.93. The van der Waals surface area contributed by atoms with Gasteiger partial charge in [-0.05, 0) is 55.7 Å². The molecule has 0 unspecified atom stereocenters. The molecule has 0 bridgehead atoms. The van der Waals surface area contributed by atoms with Crippen molar-refractivity contribution in [3.63, 3.8) is 0 Å². The van der Waals surface area contributed by atoms with Gasteiger partial charge in [0, 0.05) is 43.4 Å². The van der Waals surface area contributed by atoms with Crippen LogP contribution in [0.1, 0.15) is 34.3 Å². The monoisotopic (exact) mass is 386 g/mol. The second kappa shape index (κ2) is 8.78. The maximum Gasteiger partial charge on any atom is 0.257 e. The molecule has 5 heteroatoms. The van der Waals surface area contributed by atoms with Gasteiger partial charge in [0.25, 0.3) is 5.91 Å². The maximum atomic E-state index is 12.6. The third-order valence-electron chi connectivity index (χ3n) is 5.21. The van der Waals surface area contributed by atoms with E-state index in [1.54, 1.807) is 12.4 Å². The molecule has 0 spiro atoms. The number of nitrogens with zero attached hydrogens (tertiary/aromatic N) is 2. The largest absolute Gasteiger partial charge is 0.380 e. The highest BCUT2D eigenvalue weighted by Gasteiger charge is 2.12. The number of benzene rings is 2. The Balaban J connectivity index is 1.37. The molecule has 29 heavy (non-hydrogen) atoms. The van der Waals surface area contributed by atoms with Gasteiger partial charge >= 0.3 is 0 Å². The van der Waals surface area contributed by atoms with Gasteiger partial charge in [0.2, 0.25) is 0 Å². The van der Waals surface area contributed by atoms with Crippen LogP contribution in [-0.4, -0.2) is 24.0 Å². The zero-order chi connectivity index (χ0) is 20.1. The Morgan fingerprint density at radius 3 is 2.41 bits per heavy atom. The molecule has 1 aliphatic rings. The fourth-order valence-corrected chi connectivity index (χ4v) is 3.51. The van der Waals surface area contributed by atoms with E-state index in [4.69, 9.17) is 0 Å². The number of anilines is 3. The molecule has 148 valence electrons. The molecule has 2 N–H and O–H groups in total. The van der Waals surface area contributed by atoms with Crippen LogP contribution in [0.4, 0.5) is 17.1 Å². The van der Waals surface area contributed by atoms with Crippen molar-refractivity contribution in [3.05, 3.63) is 83.7 Å². The summed E-state index contributed by atoms with van der Waals surface area (Å²) in [6.45, 7) is 4.98. The number of carbonyl (C=O) groups is 1. The lowest BCUT2D eigenvalue weighted by Crippen LogP contribution is -2.17. The summed E-state index contributed by atoms with van der Waals surface area (Å²) in [4.78, 5) is 19.2. The molecule has 1 saturated heterocycles. The molecule has 1 amide bonds. The molecule has 2 aromatic carbocycles. The Morgan fingerprint density at radius 2 is 1.69 bits per heavy atom. The number of amides is 1. The van der Waals surface area contributed by atoms with Gasteiger partial charge in [0.1, 0.15) is 0 Å². The number of hydrogen-bond donors (Lipinski definition) is 2. The lowest BCUT2D eigenvalue weighted by molar-refractivity contribution is 0.102. The number of carbonyl (C=O) groups excluding carboxylic acids is 1. The molecule has 4 rings (SSSR count). The molecule has 3 aromatic rings. The molecule has 5 nitrogen and oxygen atoms in total. The normalized spacial score (nSPS) is 13.3. The SMILES string of the molecule is Cc1ccc(CNc2cncc(C(=O)Nc3ccc(N4CCCC4)cc3)c2)cc1. The molecular weight excluding hydrogens is 360 g/mol. The van der Waals surface area contributed by atoms with E-state index < -0.39 is 0 Å². The Kier molecular flexibility index (Phi) is 5.75. The van der Waals surface area contributed by atoms with E-state index in [1.165, 1.54) is 29.7 Å². The van der Waals surface area contributed by atoms with E-state index in [0.717, 1.165) is 24.5 Å². The molecular formula is C24H26N4O. The quantitative estimate of drug-likeness (QED) is 0.636. The summed E-state index contributed by atoms with van der Waals surface area (Å²) in [5, 5.41) is 6.29. The molecule has 2 heterocycles. The Labute approximate surface area is 171 Å². The highest BCUT2D eigenvalue weighted by molar-refractivity contribution is 6.04. The Bertz CT molecular complexity index is 961. The van der Waals surface area contributed by atoms with Gasteiger partial charge < -0.3 is 15.5 Å². The van der Waals surface area contributed by atoms with Crippen LogP contribution < -0.4 is 15.5 Å². The second-order valence-corrected chi connectivity index (χ2v) is 7.50. The summed E-state index contributed by atoms with van der Waals surface area (Å²) in [7, 11) is 0. The van der Waals surface area contributed by atoms with Crippen molar-refractivity contribution in [2.24, 2.45) is 0 Å². The van der Waals surface area contributed by atoms with Gasteiger partial charge in [-0.15, -0.1) is 0 Å². The van der Waals surface area contributed by atoms with Gasteiger partial charge in [-0.2, -0.15) is 0 Å². The molecule has 0 radical (unpaired) electrons. The van der Waals surface area contributed by atoms with Crippen molar-refractivity contribution in [2.45, 2.75) is 26.3 Å². The molecule has 1 fully saturated rings. The smallest absolute Gasteiger partial charge is 0.257 e. The van der Waals surface area contributed by atoms with Crippen LogP contribution in [0.25, 0.3) is 0 Å². The van der Waals surface area contributed by atoms with E-state index in [0.29, 0.717) is 12.1 Å². The Morgan fingerprint density at radius 1 is 0.966 bits per heavy atom. The molecule has 0 saturated carbocycles. The van der Waals surface area contributed by atoms with E-state index in [9.17, 15) is 4.79 Å². The first-order chi connectivity index (χ1) is 14.2. The summed E-state index contributed by atoms with van der Waals surface area (Å²) < 4.78 is 0. The lowest BCUT2D eigenvalue weighted by Gasteiger charge is -2.17. The van der Waals surface area contributed by atoms with Crippen LogP contribution in [0.15, 0.2) is 67.0 Å². The molecule has 1 aromatic heterocycles. The minimum Gasteiger partial charge on any atom is -0.380 e. The van der Waals surface area contributed by atoms with Gasteiger partial charge in [-0.3, -0.25) is 9.78 Å². The van der Waals surface area contributed by atoms with Crippen molar-refractivity contribution < 1.29 is 4.79 Å². The predicted octanol–water partition coefficient (Wildman–Crippen LogP) is 4.85. The van der Waals surface area contributed by atoms with E-state index >= 15 is 0 Å². The van der Waals surface area contributed by atoms with Crippen LogP contribution in [0.5, 0.6) is 0 Å². The van der Waals surface area contributed by atoms with Gasteiger partial charge in [0.05, 0.1) is 11.3 Å². The summed E-state index contributed by atoms with van der Waals surface area (Å²) >= 11 is 0. The van der Waals surface area contributed by atoms with Crippen molar-refractivity contribution >= 4 is 23.0 Å². The van der Waals surface area contributed by atoms with E-state index in [2.05, 4.69) is 63.8 Å². The highest BCUT2D eigenvalue weighted by Crippen LogP contribution is 2.22. The third-order valence-corrected chi connectivity index (χ3v) is 5.21. The molecule has 0 aliphatic carbocycles. The first-order valence-corrected chi connectivity index (χ1v) is 10.1. The summed E-state index contributed by atoms with van der Waals surface area (Å²) in [5.74, 6) is -0.162. The number of hydrogen-bond acceptors (Lipinski definition) is 4.